The average molecular weight is 273 g/mol. The van der Waals surface area contributed by atoms with Crippen molar-refractivity contribution in [3.05, 3.63) is 18.7 Å². The van der Waals surface area contributed by atoms with Crippen LogP contribution >= 0.6 is 0 Å². The van der Waals surface area contributed by atoms with E-state index in [1.165, 1.54) is 45.1 Å². The van der Waals surface area contributed by atoms with Crippen LogP contribution in [0, 0.1) is 5.92 Å². The molecule has 0 bridgehead atoms. The second-order valence-corrected chi connectivity index (χ2v) is 5.12. The minimum absolute atomic E-state index is 0. The lowest BCUT2D eigenvalue weighted by atomic mass is 9.99. The van der Waals surface area contributed by atoms with Crippen LogP contribution in [-0.4, -0.2) is 4.57 Å². The Balaban J connectivity index is 0.00000289. The van der Waals surface area contributed by atoms with Gasteiger partial charge < -0.3 is 12.4 Å². The fourth-order valence-electron chi connectivity index (χ4n) is 2.24. The zero-order chi connectivity index (χ0) is 12.5. The Labute approximate surface area is 119 Å². The zero-order valence-electron chi connectivity index (χ0n) is 12.2. The van der Waals surface area contributed by atoms with E-state index in [1.54, 1.807) is 0 Å². The summed E-state index contributed by atoms with van der Waals surface area (Å²) < 4.78 is 4.68. The van der Waals surface area contributed by atoms with Crippen LogP contribution in [0.4, 0.5) is 0 Å². The summed E-state index contributed by atoms with van der Waals surface area (Å²) in [5.74, 6) is 0.849. The summed E-state index contributed by atoms with van der Waals surface area (Å²) in [5.41, 5.74) is 0. The van der Waals surface area contributed by atoms with Gasteiger partial charge in [-0.25, -0.2) is 9.13 Å². The van der Waals surface area contributed by atoms with Crippen molar-refractivity contribution < 1.29 is 17.0 Å². The summed E-state index contributed by atoms with van der Waals surface area (Å²) in [6, 6.07) is 0. The summed E-state index contributed by atoms with van der Waals surface area (Å²) in [5, 5.41) is 0. The third-order valence-corrected chi connectivity index (χ3v) is 3.53. The van der Waals surface area contributed by atoms with Gasteiger partial charge in [-0.1, -0.05) is 40.0 Å². The molecule has 3 heteroatoms. The zero-order valence-corrected chi connectivity index (χ0v) is 13.0. The van der Waals surface area contributed by atoms with Crippen molar-refractivity contribution in [3.63, 3.8) is 0 Å². The van der Waals surface area contributed by atoms with Crippen LogP contribution < -0.4 is 17.0 Å². The van der Waals surface area contributed by atoms with E-state index < -0.39 is 0 Å². The predicted molar refractivity (Wildman–Crippen MR) is 72.8 cm³/mol. The van der Waals surface area contributed by atoms with Crippen LogP contribution in [0.1, 0.15) is 59.3 Å². The molecule has 2 nitrogen and oxygen atoms in total. The smallest absolute Gasteiger partial charge is 0.243 e. The van der Waals surface area contributed by atoms with Crippen molar-refractivity contribution in [1.82, 2.24) is 4.57 Å². The van der Waals surface area contributed by atoms with Gasteiger partial charge in [0.25, 0.3) is 0 Å². The topological polar surface area (TPSA) is 8.81 Å². The van der Waals surface area contributed by atoms with Gasteiger partial charge in [0, 0.05) is 0 Å². The number of halogens is 1. The molecular formula is C15H29ClN2. The lowest BCUT2D eigenvalue weighted by molar-refractivity contribution is -0.703. The number of hydrogen-bond acceptors (Lipinski definition) is 0. The number of hydrogen-bond donors (Lipinski definition) is 0. The van der Waals surface area contributed by atoms with Gasteiger partial charge in [0.2, 0.25) is 6.33 Å². The maximum absolute atomic E-state index is 2.36. The van der Waals surface area contributed by atoms with E-state index in [-0.39, 0.29) is 12.4 Å². The summed E-state index contributed by atoms with van der Waals surface area (Å²) in [4.78, 5) is 0. The molecule has 0 radical (unpaired) electrons. The van der Waals surface area contributed by atoms with Crippen molar-refractivity contribution in [1.29, 1.82) is 0 Å². The van der Waals surface area contributed by atoms with Gasteiger partial charge >= 0.3 is 0 Å². The molecule has 1 unspecified atom stereocenters. The molecule has 0 fully saturated rings. The molecule has 0 aliphatic heterocycles. The molecule has 1 atom stereocenters. The number of rotatable bonds is 9. The van der Waals surface area contributed by atoms with E-state index in [2.05, 4.69) is 48.6 Å². The minimum Gasteiger partial charge on any atom is -1.00 e. The highest BCUT2D eigenvalue weighted by Gasteiger charge is 2.11. The predicted octanol–water partition coefficient (Wildman–Crippen LogP) is 0.796. The quantitative estimate of drug-likeness (QED) is 0.588. The second kappa shape index (κ2) is 10.4. The van der Waals surface area contributed by atoms with Crippen molar-refractivity contribution in [3.8, 4) is 0 Å². The molecule has 0 aliphatic rings. The molecule has 0 N–H and O–H groups in total. The molecule has 0 amide bonds. The van der Waals surface area contributed by atoms with Crippen molar-refractivity contribution >= 4 is 0 Å². The van der Waals surface area contributed by atoms with Gasteiger partial charge in [-0.2, -0.15) is 0 Å². The maximum Gasteiger partial charge on any atom is 0.243 e. The third kappa shape index (κ3) is 6.44. The minimum atomic E-state index is 0. The standard InChI is InChI=1S/C15H29N2.ClH/c1-4-7-9-15(6-3)13-17-12-11-16(14-17)10-8-5-2;/h11-12,14-15H,4-10,13H2,1-3H3;1H/q+1;/p-1. The van der Waals surface area contributed by atoms with E-state index in [0.717, 1.165) is 12.5 Å². The van der Waals surface area contributed by atoms with Crippen LogP contribution in [-0.2, 0) is 13.1 Å². The summed E-state index contributed by atoms with van der Waals surface area (Å²) in [6.07, 6.45) is 14.6. The fourth-order valence-corrected chi connectivity index (χ4v) is 2.24. The van der Waals surface area contributed by atoms with Gasteiger partial charge in [0.15, 0.2) is 0 Å². The Morgan fingerprint density at radius 1 is 1.11 bits per heavy atom. The molecular weight excluding hydrogens is 244 g/mol. The number of nitrogens with zero attached hydrogens (tertiary/aromatic N) is 2. The molecule has 1 heterocycles. The highest BCUT2D eigenvalue weighted by molar-refractivity contribution is 4.66. The molecule has 1 aromatic rings. The first-order chi connectivity index (χ1) is 8.30. The maximum atomic E-state index is 2.36. The molecule has 1 rings (SSSR count). The van der Waals surface area contributed by atoms with Crippen LogP contribution in [0.2, 0.25) is 0 Å². The summed E-state index contributed by atoms with van der Waals surface area (Å²) in [7, 11) is 0. The molecule has 0 aliphatic carbocycles. The van der Waals surface area contributed by atoms with Crippen LogP contribution in [0.3, 0.4) is 0 Å². The Bertz CT molecular complexity index is 296. The van der Waals surface area contributed by atoms with Crippen LogP contribution in [0.25, 0.3) is 0 Å². The lowest BCUT2D eigenvalue weighted by Gasteiger charge is -2.11. The Hall–Kier alpha value is -0.500. The normalized spacial score (nSPS) is 12.2. The van der Waals surface area contributed by atoms with E-state index >= 15 is 0 Å². The Kier molecular flexibility index (Phi) is 10.1. The Morgan fingerprint density at radius 3 is 2.44 bits per heavy atom. The van der Waals surface area contributed by atoms with Gasteiger partial charge in [-0.3, -0.25) is 0 Å². The van der Waals surface area contributed by atoms with E-state index in [9.17, 15) is 0 Å². The number of aromatic nitrogens is 2. The molecule has 0 saturated heterocycles. The molecule has 18 heavy (non-hydrogen) atoms. The van der Waals surface area contributed by atoms with Crippen molar-refractivity contribution in [2.24, 2.45) is 5.92 Å². The van der Waals surface area contributed by atoms with Crippen LogP contribution in [0.5, 0.6) is 0 Å². The highest BCUT2D eigenvalue weighted by atomic mass is 35.5. The SMILES string of the molecule is CCCCC(CC)C[n+]1ccn(CCCC)c1.[Cl-]. The second-order valence-electron chi connectivity index (χ2n) is 5.12. The molecule has 0 aromatic carbocycles. The first-order valence-corrected chi connectivity index (χ1v) is 7.34. The summed E-state index contributed by atoms with van der Waals surface area (Å²) >= 11 is 0. The van der Waals surface area contributed by atoms with E-state index in [1.807, 2.05) is 0 Å². The highest BCUT2D eigenvalue weighted by Crippen LogP contribution is 2.12. The van der Waals surface area contributed by atoms with Gasteiger partial charge in [-0.15, -0.1) is 0 Å². The largest absolute Gasteiger partial charge is 1.00 e. The number of unbranched alkanes of at least 4 members (excludes halogenated alkanes) is 2. The molecule has 1 aromatic heterocycles. The molecule has 0 saturated carbocycles. The first-order valence-electron chi connectivity index (χ1n) is 7.34. The van der Waals surface area contributed by atoms with Crippen molar-refractivity contribution in [2.75, 3.05) is 0 Å². The summed E-state index contributed by atoms with van der Waals surface area (Å²) in [6.45, 7) is 9.19. The molecule has 0 spiro atoms. The van der Waals surface area contributed by atoms with E-state index in [0.29, 0.717) is 0 Å². The monoisotopic (exact) mass is 272 g/mol. The van der Waals surface area contributed by atoms with E-state index in [4.69, 9.17) is 0 Å². The van der Waals surface area contributed by atoms with Gasteiger partial charge in [-0.05, 0) is 25.2 Å². The fraction of sp³-hybridized carbons (Fsp3) is 0.800. The van der Waals surface area contributed by atoms with Crippen molar-refractivity contribution in [2.45, 2.75) is 72.4 Å². The molecule has 106 valence electrons. The number of aryl methyl sites for hydroxylation is 1. The first kappa shape index (κ1) is 17.5. The average Bonchev–Trinajstić information content (AvgIpc) is 2.79. The number of imidazole rings is 1. The lowest BCUT2D eigenvalue weighted by Crippen LogP contribution is -3.00. The van der Waals surface area contributed by atoms with Gasteiger partial charge in [0.1, 0.15) is 12.4 Å². The third-order valence-electron chi connectivity index (χ3n) is 3.53. The van der Waals surface area contributed by atoms with Gasteiger partial charge in [0.05, 0.1) is 13.1 Å². The Morgan fingerprint density at radius 2 is 1.83 bits per heavy atom. The van der Waals surface area contributed by atoms with Crippen LogP contribution in [0.15, 0.2) is 18.7 Å².